The molecule has 24 heavy (non-hydrogen) atoms. The number of fused-ring (bicyclic) bond motifs is 2. The number of hydrogen-bond acceptors (Lipinski definition) is 0. The van der Waals surface area contributed by atoms with E-state index < -0.39 is 0 Å². The van der Waals surface area contributed by atoms with Gasteiger partial charge < -0.3 is 24.8 Å². The Morgan fingerprint density at radius 1 is 0.708 bits per heavy atom. The van der Waals surface area contributed by atoms with E-state index in [9.17, 15) is 0 Å². The van der Waals surface area contributed by atoms with Crippen LogP contribution in [0.4, 0.5) is 0 Å². The quantitative estimate of drug-likeness (QED) is 0.276. The summed E-state index contributed by atoms with van der Waals surface area (Å²) in [5.41, 5.74) is 0. The van der Waals surface area contributed by atoms with Crippen molar-refractivity contribution >= 4 is 21.5 Å². The van der Waals surface area contributed by atoms with Crippen LogP contribution in [0.5, 0.6) is 0 Å². The second-order valence-electron chi connectivity index (χ2n) is 4.72. The van der Waals surface area contributed by atoms with E-state index in [1.54, 1.807) is 6.08 Å². The largest absolute Gasteiger partial charge is 4.00 e. The molecule has 0 spiro atoms. The molecule has 0 aliphatic heterocycles. The Kier molecular flexibility index (Phi) is 14.9. The standard InChI is InChI=1S/2C9H7.C3H6.2ClH.Zr/c2*1-2-5-9-7-3-6-8(9)4-1;1-3-2;;;/h2*1-7H;3H,1H2,2H3;2*1H;/q2*-1;;;;+4/p-2. The minimum Gasteiger partial charge on any atom is -1.00 e. The zero-order valence-corrected chi connectivity index (χ0v) is 17.6. The summed E-state index contributed by atoms with van der Waals surface area (Å²) in [6, 6.07) is 29.3. The minimum absolute atomic E-state index is 0. The normalized spacial score (nSPS) is 8.21. The van der Waals surface area contributed by atoms with Crippen LogP contribution in [0.2, 0.25) is 0 Å². The predicted molar refractivity (Wildman–Crippen MR) is 95.0 cm³/mol. The zero-order chi connectivity index (χ0) is 14.9. The summed E-state index contributed by atoms with van der Waals surface area (Å²) in [6.07, 6.45) is 1.75. The average Bonchev–Trinajstić information content (AvgIpc) is 3.17. The molecule has 0 atom stereocenters. The van der Waals surface area contributed by atoms with Crippen LogP contribution in [0.1, 0.15) is 6.92 Å². The van der Waals surface area contributed by atoms with E-state index in [-0.39, 0.29) is 51.0 Å². The molecule has 3 heteroatoms. The first kappa shape index (κ1) is 25.1. The summed E-state index contributed by atoms with van der Waals surface area (Å²) in [7, 11) is 0. The van der Waals surface area contributed by atoms with Crippen molar-refractivity contribution in [1.29, 1.82) is 0 Å². The Morgan fingerprint density at radius 2 is 1.04 bits per heavy atom. The molecule has 0 aliphatic rings. The van der Waals surface area contributed by atoms with Crippen LogP contribution in [0.15, 0.2) is 97.6 Å². The summed E-state index contributed by atoms with van der Waals surface area (Å²) in [6.45, 7) is 5.25. The number of rotatable bonds is 0. The van der Waals surface area contributed by atoms with Crippen molar-refractivity contribution in [2.75, 3.05) is 0 Å². The van der Waals surface area contributed by atoms with Crippen LogP contribution in [0, 0.1) is 0 Å². The van der Waals surface area contributed by atoms with Gasteiger partial charge in [-0.25, -0.2) is 0 Å². The topological polar surface area (TPSA) is 0 Å². The molecular weight excluding hydrogens is 414 g/mol. The molecule has 4 aromatic carbocycles. The maximum Gasteiger partial charge on any atom is 4.00 e. The van der Waals surface area contributed by atoms with Gasteiger partial charge in [0.05, 0.1) is 0 Å². The van der Waals surface area contributed by atoms with Gasteiger partial charge in [0.25, 0.3) is 0 Å². The van der Waals surface area contributed by atoms with Gasteiger partial charge in [0.1, 0.15) is 0 Å². The molecule has 122 valence electrons. The number of allylic oxidation sites excluding steroid dienone is 1. The molecule has 0 aromatic heterocycles. The minimum atomic E-state index is 0. The maximum atomic E-state index is 3.36. The molecule has 4 rings (SSSR count). The van der Waals surface area contributed by atoms with Gasteiger partial charge in [-0.05, 0) is 6.92 Å². The molecule has 0 heterocycles. The molecule has 0 unspecified atom stereocenters. The van der Waals surface area contributed by atoms with Crippen LogP contribution in [-0.4, -0.2) is 0 Å². The van der Waals surface area contributed by atoms with Crippen LogP contribution in [0.3, 0.4) is 0 Å². The molecule has 0 fully saturated rings. The average molecular weight is 435 g/mol. The van der Waals surface area contributed by atoms with Crippen molar-refractivity contribution in [3.05, 3.63) is 97.6 Å². The second kappa shape index (κ2) is 14.2. The molecule has 0 radical (unpaired) electrons. The SMILES string of the molecule is C=CC.[Cl-].[Cl-].[Zr+4].c1ccc2[cH-]ccc2c1.c1ccc2[cH-]ccc2c1. The summed E-state index contributed by atoms with van der Waals surface area (Å²) in [5, 5.41) is 5.32. The van der Waals surface area contributed by atoms with Gasteiger partial charge in [0, 0.05) is 0 Å². The summed E-state index contributed by atoms with van der Waals surface area (Å²) >= 11 is 0. The van der Waals surface area contributed by atoms with Gasteiger partial charge in [-0.1, -0.05) is 18.2 Å². The zero-order valence-electron chi connectivity index (χ0n) is 13.6. The van der Waals surface area contributed by atoms with Crippen LogP contribution >= 0.6 is 0 Å². The molecule has 4 aromatic rings. The second-order valence-corrected chi connectivity index (χ2v) is 4.72. The Morgan fingerprint density at radius 3 is 1.38 bits per heavy atom. The van der Waals surface area contributed by atoms with Crippen LogP contribution in [0.25, 0.3) is 21.5 Å². The van der Waals surface area contributed by atoms with Gasteiger partial charge in [0.2, 0.25) is 0 Å². The molecule has 0 aliphatic carbocycles. The van der Waals surface area contributed by atoms with Crippen molar-refractivity contribution in [2.45, 2.75) is 6.92 Å². The third kappa shape index (κ3) is 7.62. The van der Waals surface area contributed by atoms with E-state index in [2.05, 4.69) is 91.5 Å². The van der Waals surface area contributed by atoms with Crippen molar-refractivity contribution < 1.29 is 51.0 Å². The predicted octanol–water partition coefficient (Wildman–Crippen LogP) is 0.315. The monoisotopic (exact) mass is 432 g/mol. The number of halogens is 2. The smallest absolute Gasteiger partial charge is 1.00 e. The van der Waals surface area contributed by atoms with Crippen LogP contribution in [-0.2, 0) is 26.2 Å². The van der Waals surface area contributed by atoms with E-state index in [4.69, 9.17) is 0 Å². The van der Waals surface area contributed by atoms with E-state index >= 15 is 0 Å². The Balaban J connectivity index is 0. The van der Waals surface area contributed by atoms with Crippen molar-refractivity contribution in [3.63, 3.8) is 0 Å². The third-order valence-corrected chi connectivity index (χ3v) is 3.10. The van der Waals surface area contributed by atoms with E-state index in [1.165, 1.54) is 21.5 Å². The van der Waals surface area contributed by atoms with Gasteiger partial charge in [0.15, 0.2) is 0 Å². The number of benzene rings is 2. The first-order chi connectivity index (χ1) is 10.3. The first-order valence-electron chi connectivity index (χ1n) is 7.13. The fraction of sp³-hybridized carbons (Fsp3) is 0.0476. The van der Waals surface area contributed by atoms with E-state index in [0.717, 1.165) is 0 Å². The van der Waals surface area contributed by atoms with E-state index in [0.29, 0.717) is 0 Å². The van der Waals surface area contributed by atoms with Crippen LogP contribution < -0.4 is 24.8 Å². The fourth-order valence-corrected chi connectivity index (χ4v) is 2.14. The Hall–Kier alpha value is -1.14. The van der Waals surface area contributed by atoms with E-state index in [1.807, 2.05) is 6.92 Å². The summed E-state index contributed by atoms with van der Waals surface area (Å²) < 4.78 is 0. The molecule has 0 amide bonds. The molecule has 0 saturated heterocycles. The van der Waals surface area contributed by atoms with Gasteiger partial charge in [-0.3, -0.25) is 0 Å². The van der Waals surface area contributed by atoms with Gasteiger partial charge in [-0.15, -0.1) is 65.9 Å². The maximum absolute atomic E-state index is 3.36. The van der Waals surface area contributed by atoms with Gasteiger partial charge in [-0.2, -0.15) is 35.0 Å². The molecule has 0 bridgehead atoms. The number of hydrogen-bond donors (Lipinski definition) is 0. The van der Waals surface area contributed by atoms with Crippen molar-refractivity contribution in [2.24, 2.45) is 0 Å². The molecule has 0 nitrogen and oxygen atoms in total. The molecular formula is C21H20Cl2Zr. The van der Waals surface area contributed by atoms with Crippen molar-refractivity contribution in [1.82, 2.24) is 0 Å². The Labute approximate surface area is 176 Å². The first-order valence-corrected chi connectivity index (χ1v) is 7.13. The summed E-state index contributed by atoms with van der Waals surface area (Å²) in [5.74, 6) is 0. The Bertz CT molecular complexity index is 673. The van der Waals surface area contributed by atoms with Gasteiger partial charge >= 0.3 is 26.2 Å². The molecule has 0 N–H and O–H groups in total. The summed E-state index contributed by atoms with van der Waals surface area (Å²) in [4.78, 5) is 0. The third-order valence-electron chi connectivity index (χ3n) is 3.10. The molecule has 0 saturated carbocycles. The van der Waals surface area contributed by atoms with Crippen molar-refractivity contribution in [3.8, 4) is 0 Å². The fourth-order valence-electron chi connectivity index (χ4n) is 2.14.